The zero-order valence-corrected chi connectivity index (χ0v) is 18.3. The quantitative estimate of drug-likeness (QED) is 0.446. The van der Waals surface area contributed by atoms with Crippen LogP contribution >= 0.6 is 0 Å². The minimum atomic E-state index is -0.656. The number of amides is 1. The smallest absolute Gasteiger partial charge is 0.375 e. The van der Waals surface area contributed by atoms with E-state index < -0.39 is 5.97 Å². The van der Waals surface area contributed by atoms with Gasteiger partial charge in [-0.1, -0.05) is 48.5 Å². The third kappa shape index (κ3) is 4.42. The maximum atomic E-state index is 12.4. The Balaban J connectivity index is 1.34. The Kier molecular flexibility index (Phi) is 6.07. The summed E-state index contributed by atoms with van der Waals surface area (Å²) in [6.07, 6.45) is 0. The number of para-hydroxylation sites is 1. The molecule has 1 N–H and O–H groups in total. The maximum Gasteiger partial charge on any atom is 0.375 e. The summed E-state index contributed by atoms with van der Waals surface area (Å²) in [6.45, 7) is 6.28. The maximum absolute atomic E-state index is 12.4. The largest absolute Gasteiger partial charge is 0.450 e. The van der Waals surface area contributed by atoms with Gasteiger partial charge in [0.25, 0.3) is 5.91 Å². The van der Waals surface area contributed by atoms with Crippen LogP contribution in [0.25, 0.3) is 11.0 Å². The van der Waals surface area contributed by atoms with Crippen molar-refractivity contribution < 1.29 is 18.7 Å². The third-order valence-electron chi connectivity index (χ3n) is 5.53. The molecule has 32 heavy (non-hydrogen) atoms. The molecule has 164 valence electrons. The molecule has 7 nitrogen and oxygen atoms in total. The predicted octanol–water partition coefficient (Wildman–Crippen LogP) is 4.08. The average Bonchev–Trinajstić information content (AvgIpc) is 3.27. The first kappa shape index (κ1) is 21.4. The lowest BCUT2D eigenvalue weighted by molar-refractivity contribution is -0.124. The van der Waals surface area contributed by atoms with E-state index in [-0.39, 0.29) is 18.3 Å². The highest BCUT2D eigenvalue weighted by molar-refractivity contribution is 5.96. The molecule has 1 amide bonds. The first-order valence-electron chi connectivity index (χ1n) is 10.4. The predicted molar refractivity (Wildman–Crippen MR) is 120 cm³/mol. The van der Waals surface area contributed by atoms with E-state index in [1.807, 2.05) is 54.9 Å². The lowest BCUT2D eigenvalue weighted by Crippen LogP contribution is -2.28. The number of aromatic nitrogens is 2. The number of benzene rings is 2. The van der Waals surface area contributed by atoms with E-state index in [1.54, 1.807) is 13.0 Å². The van der Waals surface area contributed by atoms with E-state index in [9.17, 15) is 9.59 Å². The fraction of sp³-hybridized carbons (Fsp3) is 0.240. The van der Waals surface area contributed by atoms with Crippen LogP contribution in [0.4, 0.5) is 0 Å². The second-order valence-corrected chi connectivity index (χ2v) is 7.70. The number of nitrogens with one attached hydrogen (secondary N) is 1. The number of hydrogen-bond acceptors (Lipinski definition) is 5. The highest BCUT2D eigenvalue weighted by Crippen LogP contribution is 2.25. The molecule has 0 spiro atoms. The summed E-state index contributed by atoms with van der Waals surface area (Å²) in [5, 5.41) is 8.25. The molecule has 0 bridgehead atoms. The van der Waals surface area contributed by atoms with Gasteiger partial charge in [0.1, 0.15) is 5.58 Å². The van der Waals surface area contributed by atoms with Gasteiger partial charge in [0.2, 0.25) is 5.76 Å². The van der Waals surface area contributed by atoms with E-state index in [1.165, 1.54) is 0 Å². The van der Waals surface area contributed by atoms with E-state index in [4.69, 9.17) is 9.15 Å². The third-order valence-corrected chi connectivity index (χ3v) is 5.53. The van der Waals surface area contributed by atoms with Gasteiger partial charge in [0.15, 0.2) is 6.61 Å². The lowest BCUT2D eigenvalue weighted by Gasteiger charge is -2.08. The van der Waals surface area contributed by atoms with Crippen molar-refractivity contribution in [3.05, 3.63) is 88.4 Å². The summed E-state index contributed by atoms with van der Waals surface area (Å²) in [7, 11) is 0. The minimum absolute atomic E-state index is 0.118. The van der Waals surface area contributed by atoms with Crippen LogP contribution in [0.3, 0.4) is 0 Å². The highest BCUT2D eigenvalue weighted by Gasteiger charge is 2.20. The summed E-state index contributed by atoms with van der Waals surface area (Å²) in [5.41, 5.74) is 5.26. The Labute approximate surface area is 186 Å². The molecule has 0 saturated heterocycles. The second kappa shape index (κ2) is 9.09. The first-order valence-corrected chi connectivity index (χ1v) is 10.4. The molecule has 0 radical (unpaired) electrons. The van der Waals surface area contributed by atoms with E-state index in [2.05, 4.69) is 22.5 Å². The zero-order chi connectivity index (χ0) is 22.7. The van der Waals surface area contributed by atoms with Crippen LogP contribution in [0, 0.1) is 20.8 Å². The molecule has 2 aromatic carbocycles. The van der Waals surface area contributed by atoms with Crippen LogP contribution in [0.5, 0.6) is 0 Å². The second-order valence-electron chi connectivity index (χ2n) is 7.70. The molecule has 0 saturated carbocycles. The van der Waals surface area contributed by atoms with Crippen molar-refractivity contribution in [3.63, 3.8) is 0 Å². The van der Waals surface area contributed by atoms with Crippen LogP contribution in [0.2, 0.25) is 0 Å². The Morgan fingerprint density at radius 1 is 1.03 bits per heavy atom. The number of carbonyl (C=O) groups is 2. The Morgan fingerprint density at radius 2 is 1.75 bits per heavy atom. The number of carbonyl (C=O) groups excluding carboxylic acids is 2. The molecule has 7 heteroatoms. The van der Waals surface area contributed by atoms with Crippen LogP contribution in [0.1, 0.15) is 38.6 Å². The summed E-state index contributed by atoms with van der Waals surface area (Å²) in [6, 6.07) is 17.4. The van der Waals surface area contributed by atoms with Gasteiger partial charge >= 0.3 is 5.97 Å². The molecular formula is C25H25N3O4. The van der Waals surface area contributed by atoms with Gasteiger partial charge in [0, 0.05) is 28.8 Å². The van der Waals surface area contributed by atoms with Crippen LogP contribution in [-0.2, 0) is 22.6 Å². The SMILES string of the molecule is Cc1nn(Cc2ccccc2)c(C)c1CNC(=O)COC(=O)c1oc2ccccc2c1C. The Bertz CT molecular complexity index is 1270. The Hall–Kier alpha value is -3.87. The van der Waals surface area contributed by atoms with Gasteiger partial charge in [-0.2, -0.15) is 5.10 Å². The van der Waals surface area contributed by atoms with Crippen molar-refractivity contribution in [1.29, 1.82) is 0 Å². The highest BCUT2D eigenvalue weighted by atomic mass is 16.5. The molecular weight excluding hydrogens is 406 g/mol. The average molecular weight is 431 g/mol. The molecule has 4 rings (SSSR count). The minimum Gasteiger partial charge on any atom is -0.450 e. The van der Waals surface area contributed by atoms with Crippen molar-refractivity contribution >= 4 is 22.8 Å². The summed E-state index contributed by atoms with van der Waals surface area (Å²) >= 11 is 0. The van der Waals surface area contributed by atoms with Gasteiger partial charge in [-0.05, 0) is 32.4 Å². The summed E-state index contributed by atoms with van der Waals surface area (Å²) in [5.74, 6) is -0.925. The van der Waals surface area contributed by atoms with E-state index >= 15 is 0 Å². The van der Waals surface area contributed by atoms with Crippen LogP contribution in [0.15, 0.2) is 59.0 Å². The number of hydrogen-bond donors (Lipinski definition) is 1. The summed E-state index contributed by atoms with van der Waals surface area (Å²) in [4.78, 5) is 24.7. The number of aryl methyl sites for hydroxylation is 2. The first-order chi connectivity index (χ1) is 15.4. The van der Waals surface area contributed by atoms with Gasteiger partial charge in [-0.15, -0.1) is 0 Å². The molecule has 0 atom stereocenters. The van der Waals surface area contributed by atoms with E-state index in [0.29, 0.717) is 24.2 Å². The molecule has 0 aliphatic carbocycles. The molecule has 0 aliphatic rings. The Morgan fingerprint density at radius 3 is 2.50 bits per heavy atom. The normalized spacial score (nSPS) is 11.0. The van der Waals surface area contributed by atoms with Gasteiger partial charge < -0.3 is 14.5 Å². The number of esters is 1. The lowest BCUT2D eigenvalue weighted by atomic mass is 10.1. The molecule has 0 aliphatic heterocycles. The molecule has 0 unspecified atom stereocenters. The standard InChI is InChI=1S/C25H25N3O4/c1-16-20-11-7-8-12-22(20)32-24(16)25(30)31-15-23(29)26-13-21-17(2)27-28(18(21)3)14-19-9-5-4-6-10-19/h4-12H,13-15H2,1-3H3,(H,26,29). The van der Waals surface area contributed by atoms with Crippen molar-refractivity contribution in [2.75, 3.05) is 6.61 Å². The molecule has 2 aromatic heterocycles. The van der Waals surface area contributed by atoms with Gasteiger partial charge in [0.05, 0.1) is 12.2 Å². The molecule has 0 fully saturated rings. The zero-order valence-electron chi connectivity index (χ0n) is 18.3. The topological polar surface area (TPSA) is 86.4 Å². The number of furan rings is 1. The molecule has 2 heterocycles. The molecule has 4 aromatic rings. The van der Waals surface area contributed by atoms with Gasteiger partial charge in [-0.3, -0.25) is 9.48 Å². The van der Waals surface area contributed by atoms with Crippen molar-refractivity contribution in [2.45, 2.75) is 33.9 Å². The monoisotopic (exact) mass is 431 g/mol. The number of rotatable bonds is 7. The fourth-order valence-corrected chi connectivity index (χ4v) is 3.70. The van der Waals surface area contributed by atoms with Crippen molar-refractivity contribution in [3.8, 4) is 0 Å². The van der Waals surface area contributed by atoms with Crippen molar-refractivity contribution in [2.24, 2.45) is 0 Å². The van der Waals surface area contributed by atoms with Crippen molar-refractivity contribution in [1.82, 2.24) is 15.1 Å². The number of ether oxygens (including phenoxy) is 1. The van der Waals surface area contributed by atoms with Gasteiger partial charge in [-0.25, -0.2) is 4.79 Å². The number of fused-ring (bicyclic) bond motifs is 1. The number of nitrogens with zero attached hydrogens (tertiary/aromatic N) is 2. The summed E-state index contributed by atoms with van der Waals surface area (Å²) < 4.78 is 12.7. The van der Waals surface area contributed by atoms with Crippen LogP contribution in [-0.4, -0.2) is 28.3 Å². The van der Waals surface area contributed by atoms with Crippen LogP contribution < -0.4 is 5.32 Å². The fourth-order valence-electron chi connectivity index (χ4n) is 3.70. The van der Waals surface area contributed by atoms with E-state index in [0.717, 1.165) is 27.9 Å².